The maximum atomic E-state index is 13.5. The molecule has 194 valence electrons. The Morgan fingerprint density at radius 3 is 2.46 bits per heavy atom. The van der Waals surface area contributed by atoms with Crippen molar-refractivity contribution < 1.29 is 18.3 Å². The minimum atomic E-state index is -3.75. The van der Waals surface area contributed by atoms with E-state index in [9.17, 15) is 18.3 Å². The zero-order valence-corrected chi connectivity index (χ0v) is 21.7. The fourth-order valence-corrected chi connectivity index (χ4v) is 8.69. The molecular weight excluding hydrogens is 486 g/mol. The maximum absolute atomic E-state index is 13.5. The van der Waals surface area contributed by atoms with Gasteiger partial charge in [0.05, 0.1) is 11.5 Å². The Morgan fingerprint density at radius 2 is 1.81 bits per heavy atom. The molecule has 4 bridgehead atoms. The largest absolute Gasteiger partial charge is 0.392 e. The van der Waals surface area contributed by atoms with E-state index in [4.69, 9.17) is 0 Å². The fraction of sp³-hybridized carbons (Fsp3) is 0.448. The van der Waals surface area contributed by atoms with Crippen molar-refractivity contribution in [2.45, 2.75) is 62.0 Å². The lowest BCUT2D eigenvalue weighted by Gasteiger charge is -2.60. The van der Waals surface area contributed by atoms with Gasteiger partial charge < -0.3 is 10.0 Å². The second-order valence-electron chi connectivity index (χ2n) is 11.3. The van der Waals surface area contributed by atoms with Crippen molar-refractivity contribution in [3.63, 3.8) is 0 Å². The molecule has 7 nitrogen and oxygen atoms in total. The van der Waals surface area contributed by atoms with E-state index in [0.29, 0.717) is 6.42 Å². The number of fused-ring (bicyclic) bond motifs is 1. The third-order valence-electron chi connectivity index (χ3n) is 8.70. The minimum absolute atomic E-state index is 0.0284. The predicted octanol–water partition coefficient (Wildman–Crippen LogP) is 4.21. The Balaban J connectivity index is 1.38. The van der Waals surface area contributed by atoms with Crippen LogP contribution < -0.4 is 9.62 Å². The zero-order valence-electron chi connectivity index (χ0n) is 20.9. The molecule has 4 fully saturated rings. The van der Waals surface area contributed by atoms with Gasteiger partial charge in [0.15, 0.2) is 0 Å². The first kappa shape index (κ1) is 24.5. The standard InChI is InChI=1S/C29H33N3O4S/c1-2-8-30-37(35,36)25-5-3-4-24(13-25)28(34)31-27-14-23-7-6-19(18-33)12-26(23)32(27)29-15-20-9-21(16-29)11-22(10-20)17-29/h2-7,12-13,20-22,30,33H,1,8-11,14-18H2. The Morgan fingerprint density at radius 1 is 1.11 bits per heavy atom. The third kappa shape index (κ3) is 4.35. The molecule has 4 saturated carbocycles. The number of aliphatic hydroxyl groups is 1. The first-order valence-electron chi connectivity index (χ1n) is 13.2. The van der Waals surface area contributed by atoms with E-state index in [1.165, 1.54) is 37.5 Å². The SMILES string of the molecule is C=CCNS(=O)(=O)c1cccc(C(=O)N=C2Cc3ccc(CO)cc3N2C23CC4CC(CC(C4)C2)C3)c1. The van der Waals surface area contributed by atoms with E-state index in [0.717, 1.165) is 59.7 Å². The lowest BCUT2D eigenvalue weighted by atomic mass is 9.52. The number of rotatable bonds is 7. The monoisotopic (exact) mass is 519 g/mol. The van der Waals surface area contributed by atoms with Crippen LogP contribution in [0.15, 0.2) is 65.0 Å². The molecule has 1 aliphatic heterocycles. The predicted molar refractivity (Wildman–Crippen MR) is 143 cm³/mol. The van der Waals surface area contributed by atoms with Gasteiger partial charge in [-0.05, 0) is 91.7 Å². The number of nitrogens with zero attached hydrogens (tertiary/aromatic N) is 2. The number of carbonyl (C=O) groups excluding carboxylic acids is 1. The smallest absolute Gasteiger partial charge is 0.278 e. The number of hydrogen-bond donors (Lipinski definition) is 2. The summed E-state index contributed by atoms with van der Waals surface area (Å²) >= 11 is 0. The van der Waals surface area contributed by atoms with Crippen molar-refractivity contribution in [3.8, 4) is 0 Å². The van der Waals surface area contributed by atoms with Crippen LogP contribution in [-0.4, -0.2) is 37.4 Å². The first-order valence-corrected chi connectivity index (χ1v) is 14.6. The van der Waals surface area contributed by atoms with E-state index >= 15 is 0 Å². The average Bonchev–Trinajstić information content (AvgIpc) is 3.24. The molecule has 5 aliphatic rings. The highest BCUT2D eigenvalue weighted by Gasteiger charge is 2.56. The average molecular weight is 520 g/mol. The molecule has 0 atom stereocenters. The second-order valence-corrected chi connectivity index (χ2v) is 13.0. The van der Waals surface area contributed by atoms with E-state index in [2.05, 4.69) is 27.3 Å². The van der Waals surface area contributed by atoms with Gasteiger partial charge in [-0.15, -0.1) is 6.58 Å². The van der Waals surface area contributed by atoms with Crippen molar-refractivity contribution in [2.75, 3.05) is 11.4 Å². The molecule has 0 unspecified atom stereocenters. The van der Waals surface area contributed by atoms with E-state index in [1.807, 2.05) is 12.1 Å². The zero-order chi connectivity index (χ0) is 25.8. The van der Waals surface area contributed by atoms with E-state index in [1.54, 1.807) is 12.1 Å². The molecule has 1 amide bonds. The summed E-state index contributed by atoms with van der Waals surface area (Å²) < 4.78 is 27.6. The minimum Gasteiger partial charge on any atom is -0.392 e. The normalized spacial score (nSPS) is 29.1. The van der Waals surface area contributed by atoms with Crippen LogP contribution >= 0.6 is 0 Å². The van der Waals surface area contributed by atoms with Crippen LogP contribution in [0.25, 0.3) is 0 Å². The molecular formula is C29H33N3O4S. The Labute approximate surface area is 218 Å². The van der Waals surface area contributed by atoms with Crippen LogP contribution in [-0.2, 0) is 23.1 Å². The van der Waals surface area contributed by atoms with Crippen LogP contribution in [0.2, 0.25) is 0 Å². The molecule has 0 saturated heterocycles. The third-order valence-corrected chi connectivity index (χ3v) is 10.1. The summed E-state index contributed by atoms with van der Waals surface area (Å²) in [6.07, 6.45) is 9.27. The van der Waals surface area contributed by atoms with Gasteiger partial charge in [-0.2, -0.15) is 4.99 Å². The van der Waals surface area contributed by atoms with E-state index < -0.39 is 15.9 Å². The number of nitrogens with one attached hydrogen (secondary N) is 1. The molecule has 2 N–H and O–H groups in total. The molecule has 0 aromatic heterocycles. The molecule has 4 aliphatic carbocycles. The van der Waals surface area contributed by atoms with Gasteiger partial charge in [-0.3, -0.25) is 4.79 Å². The summed E-state index contributed by atoms with van der Waals surface area (Å²) in [5.74, 6) is 2.45. The number of anilines is 1. The van der Waals surface area contributed by atoms with E-state index in [-0.39, 0.29) is 29.1 Å². The van der Waals surface area contributed by atoms with Crippen molar-refractivity contribution in [3.05, 3.63) is 71.8 Å². The fourth-order valence-electron chi connectivity index (χ4n) is 7.64. The number of aliphatic hydroxyl groups excluding tert-OH is 1. The first-order chi connectivity index (χ1) is 17.8. The Kier molecular flexibility index (Phi) is 6.09. The molecule has 37 heavy (non-hydrogen) atoms. The number of hydrogen-bond acceptors (Lipinski definition) is 4. The quantitative estimate of drug-likeness (QED) is 0.534. The van der Waals surface area contributed by atoms with Gasteiger partial charge in [0.2, 0.25) is 10.0 Å². The summed E-state index contributed by atoms with van der Waals surface area (Å²) in [6.45, 7) is 3.62. The summed E-state index contributed by atoms with van der Waals surface area (Å²) in [5.41, 5.74) is 3.22. The van der Waals surface area contributed by atoms with Gasteiger partial charge in [0.1, 0.15) is 5.84 Å². The Bertz CT molecular complexity index is 1360. The summed E-state index contributed by atoms with van der Waals surface area (Å²) in [4.78, 5) is 20.5. The van der Waals surface area contributed by atoms with Crippen molar-refractivity contribution in [1.29, 1.82) is 0 Å². The number of benzene rings is 2. The lowest BCUT2D eigenvalue weighted by molar-refractivity contribution is 0.00203. The van der Waals surface area contributed by atoms with Gasteiger partial charge in [-0.25, -0.2) is 13.1 Å². The lowest BCUT2D eigenvalue weighted by Crippen LogP contribution is -2.61. The topological polar surface area (TPSA) is 99.1 Å². The molecule has 1 heterocycles. The highest BCUT2D eigenvalue weighted by molar-refractivity contribution is 7.89. The highest BCUT2D eigenvalue weighted by Crippen LogP contribution is 2.59. The van der Waals surface area contributed by atoms with Gasteiger partial charge in [0, 0.05) is 29.8 Å². The molecule has 2 aromatic carbocycles. The number of amides is 1. The van der Waals surface area contributed by atoms with Crippen LogP contribution in [0.1, 0.15) is 60.0 Å². The molecule has 7 rings (SSSR count). The molecule has 2 aromatic rings. The van der Waals surface area contributed by atoms with Crippen molar-refractivity contribution in [1.82, 2.24) is 4.72 Å². The number of amidine groups is 1. The molecule has 0 spiro atoms. The van der Waals surface area contributed by atoms with Gasteiger partial charge in [-0.1, -0.05) is 24.3 Å². The van der Waals surface area contributed by atoms with Gasteiger partial charge >= 0.3 is 0 Å². The number of sulfonamides is 1. The summed E-state index contributed by atoms with van der Waals surface area (Å²) in [6, 6.07) is 12.1. The van der Waals surface area contributed by atoms with Crippen LogP contribution in [0.4, 0.5) is 5.69 Å². The van der Waals surface area contributed by atoms with Crippen LogP contribution in [0, 0.1) is 17.8 Å². The maximum Gasteiger partial charge on any atom is 0.278 e. The summed E-state index contributed by atoms with van der Waals surface area (Å²) in [5, 5.41) is 9.83. The molecule has 8 heteroatoms. The second kappa shape index (κ2) is 9.19. The van der Waals surface area contributed by atoms with Crippen molar-refractivity contribution in [2.24, 2.45) is 22.7 Å². The van der Waals surface area contributed by atoms with Crippen LogP contribution in [0.5, 0.6) is 0 Å². The Hall–Kier alpha value is -2.81. The van der Waals surface area contributed by atoms with Gasteiger partial charge in [0.25, 0.3) is 5.91 Å². The number of aliphatic imine (C=N–C) groups is 1. The van der Waals surface area contributed by atoms with Crippen molar-refractivity contribution >= 4 is 27.5 Å². The molecule has 0 radical (unpaired) electrons. The van der Waals surface area contributed by atoms with Crippen LogP contribution in [0.3, 0.4) is 0 Å². The number of carbonyl (C=O) groups is 1. The summed E-state index contributed by atoms with van der Waals surface area (Å²) in [7, 11) is -3.75. The highest BCUT2D eigenvalue weighted by atomic mass is 32.2.